The van der Waals surface area contributed by atoms with Gasteiger partial charge in [-0.2, -0.15) is 0 Å². The Kier molecular flexibility index (Phi) is 2.64. The number of anilines is 1. The lowest BCUT2D eigenvalue weighted by Crippen LogP contribution is -1.99. The molecule has 3 rings (SSSR count). The van der Waals surface area contributed by atoms with Crippen LogP contribution in [-0.4, -0.2) is 17.0 Å². The highest BCUT2D eigenvalue weighted by molar-refractivity contribution is 6.03. The van der Waals surface area contributed by atoms with Crippen LogP contribution in [-0.2, 0) is 0 Å². The largest absolute Gasteiger partial charge is 0.494 e. The van der Waals surface area contributed by atoms with Crippen molar-refractivity contribution in [3.8, 4) is 5.75 Å². The molecule has 0 aliphatic carbocycles. The number of aromatic nitrogens is 1. The third kappa shape index (κ3) is 1.70. The lowest BCUT2D eigenvalue weighted by Gasteiger charge is -2.09. The fraction of sp³-hybridized carbons (Fsp3) is 0.0714. The minimum Gasteiger partial charge on any atom is -0.494 e. The van der Waals surface area contributed by atoms with Crippen molar-refractivity contribution in [1.82, 2.24) is 4.98 Å². The van der Waals surface area contributed by atoms with Gasteiger partial charge in [0.05, 0.1) is 22.9 Å². The number of nitro benzene ring substituents is 1. The molecular formula is C14H11N3O3. The van der Waals surface area contributed by atoms with Crippen LogP contribution in [0.4, 0.5) is 11.4 Å². The van der Waals surface area contributed by atoms with E-state index in [-0.39, 0.29) is 11.4 Å². The van der Waals surface area contributed by atoms with E-state index in [0.29, 0.717) is 16.7 Å². The zero-order valence-electron chi connectivity index (χ0n) is 10.7. The maximum absolute atomic E-state index is 11.2. The second-order valence-electron chi connectivity index (χ2n) is 4.35. The van der Waals surface area contributed by atoms with Gasteiger partial charge in [-0.05, 0) is 12.1 Å². The molecule has 0 bridgehead atoms. The number of fused-ring (bicyclic) bond motifs is 2. The number of para-hydroxylation sites is 1. The Hall–Kier alpha value is -2.89. The third-order valence-corrected chi connectivity index (χ3v) is 3.18. The molecular weight excluding hydrogens is 258 g/mol. The van der Waals surface area contributed by atoms with E-state index in [9.17, 15) is 10.1 Å². The average molecular weight is 269 g/mol. The van der Waals surface area contributed by atoms with Crippen LogP contribution >= 0.6 is 0 Å². The molecule has 0 radical (unpaired) electrons. The summed E-state index contributed by atoms with van der Waals surface area (Å²) in [5.74, 6) is 0.425. The van der Waals surface area contributed by atoms with E-state index in [1.54, 1.807) is 6.07 Å². The first kappa shape index (κ1) is 12.2. The quantitative estimate of drug-likeness (QED) is 0.334. The van der Waals surface area contributed by atoms with Gasteiger partial charge in [0.25, 0.3) is 0 Å². The van der Waals surface area contributed by atoms with Crippen LogP contribution < -0.4 is 10.5 Å². The lowest BCUT2D eigenvalue weighted by atomic mass is 10.1. The van der Waals surface area contributed by atoms with Gasteiger partial charge in [-0.15, -0.1) is 0 Å². The Morgan fingerprint density at radius 1 is 1.30 bits per heavy atom. The Morgan fingerprint density at radius 3 is 2.75 bits per heavy atom. The molecule has 3 aromatic rings. The molecule has 0 amide bonds. The highest BCUT2D eigenvalue weighted by atomic mass is 16.6. The summed E-state index contributed by atoms with van der Waals surface area (Å²) in [4.78, 5) is 15.2. The van der Waals surface area contributed by atoms with Crippen LogP contribution in [0.15, 0.2) is 36.4 Å². The molecule has 0 saturated heterocycles. The molecule has 6 heteroatoms. The van der Waals surface area contributed by atoms with Crippen molar-refractivity contribution < 1.29 is 9.66 Å². The molecule has 1 aromatic heterocycles. The summed E-state index contributed by atoms with van der Waals surface area (Å²) >= 11 is 0. The van der Waals surface area contributed by atoms with Crippen molar-refractivity contribution in [1.29, 1.82) is 0 Å². The zero-order valence-corrected chi connectivity index (χ0v) is 10.7. The summed E-state index contributed by atoms with van der Waals surface area (Å²) in [6.45, 7) is 0. The molecule has 0 aliphatic heterocycles. The molecule has 2 N–H and O–H groups in total. The smallest absolute Gasteiger partial charge is 0.301 e. The fourth-order valence-corrected chi connectivity index (χ4v) is 2.28. The topological polar surface area (TPSA) is 91.3 Å². The van der Waals surface area contributed by atoms with E-state index in [4.69, 9.17) is 10.5 Å². The van der Waals surface area contributed by atoms with Crippen molar-refractivity contribution in [3.63, 3.8) is 0 Å². The molecule has 20 heavy (non-hydrogen) atoms. The van der Waals surface area contributed by atoms with E-state index in [2.05, 4.69) is 4.98 Å². The van der Waals surface area contributed by atoms with Crippen molar-refractivity contribution in [2.24, 2.45) is 0 Å². The van der Waals surface area contributed by atoms with Gasteiger partial charge in [0, 0.05) is 11.5 Å². The van der Waals surface area contributed by atoms with Crippen molar-refractivity contribution in [3.05, 3.63) is 46.5 Å². The van der Waals surface area contributed by atoms with Crippen molar-refractivity contribution in [2.75, 3.05) is 12.8 Å². The van der Waals surface area contributed by atoms with Crippen molar-refractivity contribution in [2.45, 2.75) is 0 Å². The fourth-order valence-electron chi connectivity index (χ4n) is 2.28. The van der Waals surface area contributed by atoms with Gasteiger partial charge >= 0.3 is 5.69 Å². The molecule has 0 spiro atoms. The van der Waals surface area contributed by atoms with Crippen molar-refractivity contribution >= 4 is 33.2 Å². The van der Waals surface area contributed by atoms with E-state index >= 15 is 0 Å². The molecule has 6 nitrogen and oxygen atoms in total. The maximum atomic E-state index is 11.2. The van der Waals surface area contributed by atoms with E-state index < -0.39 is 4.92 Å². The second kappa shape index (κ2) is 4.34. The summed E-state index contributed by atoms with van der Waals surface area (Å²) in [6.07, 6.45) is 0. The normalized spacial score (nSPS) is 10.8. The number of benzene rings is 2. The molecule has 0 aliphatic rings. The summed E-state index contributed by atoms with van der Waals surface area (Å²) in [7, 11) is 1.48. The van der Waals surface area contributed by atoms with Gasteiger partial charge in [0.15, 0.2) is 0 Å². The number of nitrogens with two attached hydrogens (primary N) is 1. The SMILES string of the molecule is COc1cc(N)c([N+](=O)[O-])c2cc3ccccc3nc12. The number of pyridine rings is 1. The number of hydrogen-bond donors (Lipinski definition) is 1. The van der Waals surface area contributed by atoms with Crippen LogP contribution in [0.3, 0.4) is 0 Å². The van der Waals surface area contributed by atoms with Crippen LogP contribution in [0, 0.1) is 10.1 Å². The minimum absolute atomic E-state index is 0.0661. The summed E-state index contributed by atoms with van der Waals surface area (Å²) < 4.78 is 5.23. The Balaban J connectivity index is 2.54. The summed E-state index contributed by atoms with van der Waals surface area (Å²) in [5.41, 5.74) is 6.87. The number of ether oxygens (including phenoxy) is 1. The highest BCUT2D eigenvalue weighted by Gasteiger charge is 2.21. The monoisotopic (exact) mass is 269 g/mol. The van der Waals surface area contributed by atoms with Gasteiger partial charge in [0.2, 0.25) is 0 Å². The van der Waals surface area contributed by atoms with E-state index in [0.717, 1.165) is 10.9 Å². The Labute approximate surface area is 113 Å². The Morgan fingerprint density at radius 2 is 2.05 bits per heavy atom. The minimum atomic E-state index is -0.493. The van der Waals surface area contributed by atoms with Gasteiger partial charge in [-0.25, -0.2) is 4.98 Å². The number of rotatable bonds is 2. The first-order valence-electron chi connectivity index (χ1n) is 5.92. The standard InChI is InChI=1S/C14H11N3O3/c1-20-12-7-10(15)14(17(18)19)9-6-8-4-2-3-5-11(8)16-13(9)12/h2-7H,15H2,1H3. The number of nitrogens with zero attached hydrogens (tertiary/aromatic N) is 2. The molecule has 0 atom stereocenters. The lowest BCUT2D eigenvalue weighted by molar-refractivity contribution is -0.382. The van der Waals surface area contributed by atoms with Gasteiger partial charge < -0.3 is 10.5 Å². The molecule has 2 aromatic carbocycles. The van der Waals surface area contributed by atoms with Gasteiger partial charge in [-0.3, -0.25) is 10.1 Å². The van der Waals surface area contributed by atoms with Crippen LogP contribution in [0.25, 0.3) is 21.8 Å². The molecule has 1 heterocycles. The van der Waals surface area contributed by atoms with Gasteiger partial charge in [0.1, 0.15) is 17.0 Å². The van der Waals surface area contributed by atoms with E-state index in [1.165, 1.54) is 13.2 Å². The van der Waals surface area contributed by atoms with Crippen LogP contribution in [0.5, 0.6) is 5.75 Å². The second-order valence-corrected chi connectivity index (χ2v) is 4.35. The summed E-state index contributed by atoms with van der Waals surface area (Å²) in [6, 6.07) is 10.6. The molecule has 0 fully saturated rings. The first-order chi connectivity index (χ1) is 9.61. The summed E-state index contributed by atoms with van der Waals surface area (Å²) in [5, 5.41) is 12.4. The van der Waals surface area contributed by atoms with Gasteiger partial charge in [-0.1, -0.05) is 18.2 Å². The van der Waals surface area contributed by atoms with Crippen LogP contribution in [0.2, 0.25) is 0 Å². The Bertz CT molecular complexity index is 846. The maximum Gasteiger partial charge on any atom is 0.301 e. The predicted octanol–water partition coefficient (Wildman–Crippen LogP) is 2.89. The number of nitrogen functional groups attached to an aromatic ring is 1. The zero-order chi connectivity index (χ0) is 14.3. The molecule has 100 valence electrons. The number of methoxy groups -OCH3 is 1. The third-order valence-electron chi connectivity index (χ3n) is 3.18. The van der Waals surface area contributed by atoms with E-state index in [1.807, 2.05) is 24.3 Å². The number of hydrogen-bond acceptors (Lipinski definition) is 5. The average Bonchev–Trinajstić information content (AvgIpc) is 2.44. The molecule has 0 saturated carbocycles. The molecule has 0 unspecified atom stereocenters. The highest BCUT2D eigenvalue weighted by Crippen LogP contribution is 2.38. The number of nitro groups is 1. The first-order valence-corrected chi connectivity index (χ1v) is 5.92. The van der Waals surface area contributed by atoms with Crippen LogP contribution in [0.1, 0.15) is 0 Å². The predicted molar refractivity (Wildman–Crippen MR) is 76.9 cm³/mol.